The summed E-state index contributed by atoms with van der Waals surface area (Å²) in [5.74, 6) is -1.22. The SMILES string of the molecule is Cc1cccc(C)c1-c1cc(OCC(CC(C)(C)C)NC2CC3(CCCN(C(=O)OC(C)(C)C)C3)C2)nc(NS(=O)(=O)c2cccc(C(=O)O)c2)n1. The fourth-order valence-electron chi connectivity index (χ4n) is 7.42. The summed E-state index contributed by atoms with van der Waals surface area (Å²) in [5.41, 5.74) is 2.60. The first kappa shape index (κ1) is 39.0. The van der Waals surface area contributed by atoms with Gasteiger partial charge in [0.05, 0.1) is 16.2 Å². The van der Waals surface area contributed by atoms with Gasteiger partial charge in [-0.05, 0) is 107 Å². The topological polar surface area (TPSA) is 160 Å². The zero-order valence-corrected chi connectivity index (χ0v) is 32.4. The number of nitrogens with one attached hydrogen (secondary N) is 2. The number of amides is 1. The maximum atomic E-state index is 13.4. The number of hydrogen-bond acceptors (Lipinski definition) is 9. The van der Waals surface area contributed by atoms with Crippen LogP contribution in [0.5, 0.6) is 5.88 Å². The Morgan fingerprint density at radius 3 is 2.33 bits per heavy atom. The summed E-state index contributed by atoms with van der Waals surface area (Å²) >= 11 is 0. The lowest BCUT2D eigenvalue weighted by Gasteiger charge is -2.53. The molecule has 2 aromatic carbocycles. The highest BCUT2D eigenvalue weighted by Gasteiger charge is 2.48. The number of aromatic carboxylic acids is 1. The smallest absolute Gasteiger partial charge is 0.410 e. The van der Waals surface area contributed by atoms with Crippen molar-refractivity contribution in [1.29, 1.82) is 0 Å². The van der Waals surface area contributed by atoms with Crippen LogP contribution in [0.15, 0.2) is 53.4 Å². The average Bonchev–Trinajstić information content (AvgIpc) is 3.01. The van der Waals surface area contributed by atoms with Gasteiger partial charge in [-0.25, -0.2) is 27.7 Å². The number of likely N-dealkylation sites (tertiary alicyclic amines) is 1. The van der Waals surface area contributed by atoms with E-state index in [2.05, 4.69) is 40.8 Å². The zero-order chi connectivity index (χ0) is 38.1. The number of benzene rings is 2. The van der Waals surface area contributed by atoms with Crippen LogP contribution < -0.4 is 14.8 Å². The number of carbonyl (C=O) groups is 2. The van der Waals surface area contributed by atoms with Gasteiger partial charge >= 0.3 is 12.1 Å². The first-order chi connectivity index (χ1) is 24.2. The highest BCUT2D eigenvalue weighted by molar-refractivity contribution is 7.92. The number of nitrogens with zero attached hydrogens (tertiary/aromatic N) is 3. The van der Waals surface area contributed by atoms with Crippen molar-refractivity contribution in [2.24, 2.45) is 10.8 Å². The number of carboxylic acids is 1. The summed E-state index contributed by atoms with van der Waals surface area (Å²) < 4.78 is 41.4. The quantitative estimate of drug-likeness (QED) is 0.184. The normalized spacial score (nSPS) is 19.8. The molecule has 1 amide bonds. The summed E-state index contributed by atoms with van der Waals surface area (Å²) in [7, 11) is -4.24. The first-order valence-corrected chi connectivity index (χ1v) is 19.4. The summed E-state index contributed by atoms with van der Waals surface area (Å²) in [6, 6.07) is 12.9. The van der Waals surface area contributed by atoms with Crippen molar-refractivity contribution < 1.29 is 32.6 Å². The molecular formula is C39H53N5O7S. The molecular weight excluding hydrogens is 683 g/mol. The number of rotatable bonds is 11. The van der Waals surface area contributed by atoms with Gasteiger partial charge in [0, 0.05) is 36.8 Å². The van der Waals surface area contributed by atoms with Gasteiger partial charge in [-0.2, -0.15) is 4.98 Å². The molecule has 3 aromatic rings. The highest BCUT2D eigenvalue weighted by atomic mass is 32.2. The van der Waals surface area contributed by atoms with E-state index in [0.29, 0.717) is 18.8 Å². The lowest BCUT2D eigenvalue weighted by molar-refractivity contribution is -0.0304. The largest absolute Gasteiger partial charge is 0.478 e. The van der Waals surface area contributed by atoms with Gasteiger partial charge in [-0.1, -0.05) is 45.0 Å². The van der Waals surface area contributed by atoms with E-state index in [1.54, 1.807) is 6.07 Å². The molecule has 1 saturated heterocycles. The van der Waals surface area contributed by atoms with Crippen molar-refractivity contribution in [3.63, 3.8) is 0 Å². The van der Waals surface area contributed by atoms with Gasteiger partial charge in [0.15, 0.2) is 0 Å². The van der Waals surface area contributed by atoms with Crippen LogP contribution in [-0.4, -0.2) is 77.8 Å². The Kier molecular flexibility index (Phi) is 11.3. The maximum Gasteiger partial charge on any atom is 0.410 e. The van der Waals surface area contributed by atoms with Crippen LogP contribution in [0.25, 0.3) is 11.3 Å². The third-order valence-electron chi connectivity index (χ3n) is 9.49. The highest BCUT2D eigenvalue weighted by Crippen LogP contribution is 2.48. The number of aromatic nitrogens is 2. The number of anilines is 1. The van der Waals surface area contributed by atoms with E-state index in [0.717, 1.165) is 54.9 Å². The molecule has 13 heteroatoms. The lowest BCUT2D eigenvalue weighted by Crippen LogP contribution is -2.59. The molecule has 2 heterocycles. The molecule has 282 valence electrons. The second-order valence-electron chi connectivity index (χ2n) is 16.7. The Morgan fingerprint density at radius 2 is 1.69 bits per heavy atom. The van der Waals surface area contributed by atoms with Crippen molar-refractivity contribution in [2.75, 3.05) is 24.4 Å². The predicted octanol–water partition coefficient (Wildman–Crippen LogP) is 7.21. The Balaban J connectivity index is 1.35. The summed E-state index contributed by atoms with van der Waals surface area (Å²) in [5, 5.41) is 13.2. The van der Waals surface area contributed by atoms with E-state index in [9.17, 15) is 23.1 Å². The molecule has 1 spiro atoms. The van der Waals surface area contributed by atoms with Crippen LogP contribution in [0.4, 0.5) is 10.7 Å². The van der Waals surface area contributed by atoms with Gasteiger partial charge in [0.1, 0.15) is 12.2 Å². The molecule has 1 aromatic heterocycles. The van der Waals surface area contributed by atoms with Gasteiger partial charge in [-0.3, -0.25) is 0 Å². The zero-order valence-electron chi connectivity index (χ0n) is 31.6. The molecule has 1 aliphatic carbocycles. The number of aryl methyl sites for hydroxylation is 2. The van der Waals surface area contributed by atoms with Gasteiger partial charge < -0.3 is 24.8 Å². The third-order valence-corrected chi connectivity index (χ3v) is 10.8. The molecule has 12 nitrogen and oxygen atoms in total. The monoisotopic (exact) mass is 735 g/mol. The summed E-state index contributed by atoms with van der Waals surface area (Å²) in [6.07, 6.45) is 4.50. The molecule has 2 fully saturated rings. The van der Waals surface area contributed by atoms with Crippen LogP contribution in [0.1, 0.15) is 95.1 Å². The minimum atomic E-state index is -4.24. The van der Waals surface area contributed by atoms with E-state index in [4.69, 9.17) is 9.47 Å². The van der Waals surface area contributed by atoms with Crippen LogP contribution in [0.3, 0.4) is 0 Å². The molecule has 3 N–H and O–H groups in total. The number of sulfonamides is 1. The van der Waals surface area contributed by atoms with Crippen LogP contribution in [-0.2, 0) is 14.8 Å². The van der Waals surface area contributed by atoms with E-state index in [-0.39, 0.29) is 57.9 Å². The van der Waals surface area contributed by atoms with Gasteiger partial charge in [-0.15, -0.1) is 0 Å². The minimum Gasteiger partial charge on any atom is -0.478 e. The molecule has 2 aliphatic rings. The number of ether oxygens (including phenoxy) is 2. The Labute approximate surface area is 307 Å². The van der Waals surface area contributed by atoms with Crippen molar-refractivity contribution in [1.82, 2.24) is 20.2 Å². The van der Waals surface area contributed by atoms with E-state index in [1.807, 2.05) is 57.7 Å². The second-order valence-corrected chi connectivity index (χ2v) is 18.4. The molecule has 1 saturated carbocycles. The first-order valence-electron chi connectivity index (χ1n) is 17.9. The fraction of sp³-hybridized carbons (Fsp3) is 0.538. The molecule has 0 radical (unpaired) electrons. The van der Waals surface area contributed by atoms with Crippen molar-refractivity contribution in [3.05, 3.63) is 65.2 Å². The van der Waals surface area contributed by atoms with Crippen molar-refractivity contribution >= 4 is 28.0 Å². The maximum absolute atomic E-state index is 13.4. The van der Waals surface area contributed by atoms with Crippen molar-refractivity contribution in [2.45, 2.75) is 110 Å². The van der Waals surface area contributed by atoms with Crippen LogP contribution >= 0.6 is 0 Å². The summed E-state index contributed by atoms with van der Waals surface area (Å²) in [4.78, 5) is 35.1. The van der Waals surface area contributed by atoms with E-state index in [1.165, 1.54) is 18.2 Å². The standard InChI is InChI=1S/C39H53N5O7S/c1-25-12-9-13-26(2)33(25)31-19-32(42-35(41-31)43-52(48,49)30-15-10-14-27(18-30)34(45)46)50-23-29(20-37(3,4)5)40-28-21-39(22-28)16-11-17-44(24-39)36(47)51-38(6,7)8/h9-10,12-15,18-19,28-29,40H,11,16-17,20-24H2,1-8H3,(H,45,46)(H,41,42,43). The Bertz CT molecular complexity index is 1880. The molecule has 0 bridgehead atoms. The number of carboxylic acid groups (broad SMARTS) is 1. The number of piperidine rings is 1. The van der Waals surface area contributed by atoms with E-state index >= 15 is 0 Å². The lowest BCUT2D eigenvalue weighted by atomic mass is 9.61. The summed E-state index contributed by atoms with van der Waals surface area (Å²) in [6.45, 7) is 17.8. The molecule has 1 aliphatic heterocycles. The minimum absolute atomic E-state index is 0.0127. The number of hydrogen-bond donors (Lipinski definition) is 3. The van der Waals surface area contributed by atoms with E-state index < -0.39 is 21.6 Å². The Hall–Kier alpha value is -4.23. The van der Waals surface area contributed by atoms with Gasteiger partial charge in [0.25, 0.3) is 10.0 Å². The second kappa shape index (κ2) is 15.0. The van der Waals surface area contributed by atoms with Crippen LogP contribution in [0.2, 0.25) is 0 Å². The number of carbonyl (C=O) groups excluding carboxylic acids is 1. The molecule has 1 unspecified atom stereocenters. The molecule has 1 atom stereocenters. The molecule has 5 rings (SSSR count). The van der Waals surface area contributed by atoms with Crippen molar-refractivity contribution in [3.8, 4) is 17.1 Å². The molecule has 52 heavy (non-hydrogen) atoms. The van der Waals surface area contributed by atoms with Gasteiger partial charge in [0.2, 0.25) is 11.8 Å². The third kappa shape index (κ3) is 10.0. The fourth-order valence-corrected chi connectivity index (χ4v) is 8.41. The Morgan fingerprint density at radius 1 is 1.02 bits per heavy atom. The average molecular weight is 736 g/mol. The van der Waals surface area contributed by atoms with Crippen LogP contribution in [0, 0.1) is 24.7 Å². The predicted molar refractivity (Wildman–Crippen MR) is 200 cm³/mol.